The third-order valence-corrected chi connectivity index (χ3v) is 6.79. The first-order valence-corrected chi connectivity index (χ1v) is 10.1. The van der Waals surface area contributed by atoms with Crippen LogP contribution in [0, 0.1) is 11.8 Å². The van der Waals surface area contributed by atoms with Crippen LogP contribution in [-0.2, 0) is 14.3 Å². The fourth-order valence-electron chi connectivity index (χ4n) is 5.21. The van der Waals surface area contributed by atoms with E-state index in [1.807, 2.05) is 13.8 Å². The van der Waals surface area contributed by atoms with Crippen LogP contribution in [0.1, 0.15) is 66.2 Å². The molecule has 0 bridgehead atoms. The summed E-state index contributed by atoms with van der Waals surface area (Å²) in [4.78, 5) is 13.5. The van der Waals surface area contributed by atoms with E-state index in [1.165, 1.54) is 5.57 Å². The van der Waals surface area contributed by atoms with Crippen LogP contribution < -0.4 is 0 Å². The summed E-state index contributed by atoms with van der Waals surface area (Å²) in [5, 5.41) is 21.7. The third kappa shape index (κ3) is 3.74. The topological polar surface area (TPSA) is 76.0 Å². The van der Waals surface area contributed by atoms with Crippen LogP contribution in [0.3, 0.4) is 0 Å². The molecule has 0 spiro atoms. The van der Waals surface area contributed by atoms with Crippen LogP contribution in [0.5, 0.6) is 0 Å². The van der Waals surface area contributed by atoms with Crippen molar-refractivity contribution in [2.75, 3.05) is 7.11 Å². The van der Waals surface area contributed by atoms with Gasteiger partial charge in [-0.1, -0.05) is 11.6 Å². The average Bonchev–Trinajstić information content (AvgIpc) is 2.94. The number of Topliss-reactive ketones (excluding diaryl/α,β-unsaturated/α-hetero) is 1. The summed E-state index contributed by atoms with van der Waals surface area (Å²) in [6, 6.07) is 0. The molecule has 1 fully saturated rings. The predicted octanol–water partition coefficient (Wildman–Crippen LogP) is 3.29. The molecule has 0 aromatic rings. The van der Waals surface area contributed by atoms with Crippen LogP contribution in [0.25, 0.3) is 0 Å². The van der Waals surface area contributed by atoms with Crippen molar-refractivity contribution in [2.45, 2.75) is 89.6 Å². The van der Waals surface area contributed by atoms with Gasteiger partial charge in [0.1, 0.15) is 17.5 Å². The molecule has 2 aliphatic carbocycles. The molecule has 0 amide bonds. The van der Waals surface area contributed by atoms with E-state index in [9.17, 15) is 15.0 Å². The number of fused-ring (bicyclic) bond motifs is 1. The SMILES string of the molecule is CO[C@H]1CC2=C(O[C@]3(C)CCC(C(C)(O)CCC=C(C)C)[C@@H]3C2=O)C(O)C1. The van der Waals surface area contributed by atoms with E-state index in [0.29, 0.717) is 37.0 Å². The number of allylic oxidation sites excluding steroid dienone is 2. The zero-order valence-electron chi connectivity index (χ0n) is 17.2. The number of hydrogen-bond acceptors (Lipinski definition) is 5. The molecule has 0 aromatic heterocycles. The molecule has 5 nitrogen and oxygen atoms in total. The Morgan fingerprint density at radius 2 is 2.15 bits per heavy atom. The van der Waals surface area contributed by atoms with Gasteiger partial charge in [0, 0.05) is 31.4 Å². The highest BCUT2D eigenvalue weighted by atomic mass is 16.5. The monoisotopic (exact) mass is 378 g/mol. The van der Waals surface area contributed by atoms with E-state index in [4.69, 9.17) is 9.47 Å². The van der Waals surface area contributed by atoms with Gasteiger partial charge < -0.3 is 19.7 Å². The summed E-state index contributed by atoms with van der Waals surface area (Å²) < 4.78 is 11.7. The number of carbonyl (C=O) groups is 1. The molecular formula is C22H34O5. The van der Waals surface area contributed by atoms with Gasteiger partial charge in [0.2, 0.25) is 0 Å². The number of aliphatic hydroxyl groups is 2. The Kier molecular flexibility index (Phi) is 5.59. The second-order valence-corrected chi connectivity index (χ2v) is 9.24. The molecule has 0 radical (unpaired) electrons. The molecule has 0 aromatic carbocycles. The first-order valence-electron chi connectivity index (χ1n) is 10.1. The van der Waals surface area contributed by atoms with Crippen LogP contribution in [0.15, 0.2) is 23.0 Å². The first kappa shape index (κ1) is 20.6. The lowest BCUT2D eigenvalue weighted by Gasteiger charge is -2.45. The quantitative estimate of drug-likeness (QED) is 0.718. The van der Waals surface area contributed by atoms with Gasteiger partial charge in [-0.05, 0) is 53.4 Å². The molecule has 1 heterocycles. The molecule has 3 unspecified atom stereocenters. The standard InChI is InChI=1S/C22H34O5/c1-13(2)7-6-9-21(3,25)16-8-10-22(4)18(16)19(24)15-11-14(26-5)12-17(23)20(15)27-22/h7,14,16-18,23,25H,6,8-12H2,1-5H3/t14-,16?,17?,18+,21?,22+/m0/s1. The maximum Gasteiger partial charge on any atom is 0.169 e. The van der Waals surface area contributed by atoms with E-state index in [1.54, 1.807) is 7.11 Å². The lowest BCUT2D eigenvalue weighted by atomic mass is 9.69. The van der Waals surface area contributed by atoms with Crippen molar-refractivity contribution in [1.29, 1.82) is 0 Å². The van der Waals surface area contributed by atoms with Gasteiger partial charge in [-0.2, -0.15) is 0 Å². The maximum atomic E-state index is 13.5. The highest BCUT2D eigenvalue weighted by Gasteiger charge is 2.60. The Hall–Kier alpha value is -1.17. The molecule has 2 N–H and O–H groups in total. The molecule has 3 aliphatic rings. The highest BCUT2D eigenvalue weighted by molar-refractivity contribution is 6.00. The van der Waals surface area contributed by atoms with Gasteiger partial charge >= 0.3 is 0 Å². The summed E-state index contributed by atoms with van der Waals surface area (Å²) in [5.41, 5.74) is 0.215. The Morgan fingerprint density at radius 1 is 1.44 bits per heavy atom. The fourth-order valence-corrected chi connectivity index (χ4v) is 5.21. The maximum absolute atomic E-state index is 13.5. The summed E-state index contributed by atoms with van der Waals surface area (Å²) in [6.45, 7) is 7.91. The van der Waals surface area contributed by atoms with Crippen LogP contribution in [0.4, 0.5) is 0 Å². The predicted molar refractivity (Wildman–Crippen MR) is 103 cm³/mol. The minimum absolute atomic E-state index is 0.0320. The van der Waals surface area contributed by atoms with Crippen molar-refractivity contribution >= 4 is 5.78 Å². The van der Waals surface area contributed by atoms with Crippen molar-refractivity contribution in [3.8, 4) is 0 Å². The lowest BCUT2D eigenvalue weighted by Crippen LogP contribution is -2.52. The largest absolute Gasteiger partial charge is 0.488 e. The number of aliphatic hydroxyl groups excluding tert-OH is 1. The van der Waals surface area contributed by atoms with Gasteiger partial charge in [0.15, 0.2) is 5.78 Å². The minimum atomic E-state index is -0.931. The second-order valence-electron chi connectivity index (χ2n) is 9.24. The van der Waals surface area contributed by atoms with Crippen molar-refractivity contribution < 1.29 is 24.5 Å². The van der Waals surface area contributed by atoms with Crippen LogP contribution in [0.2, 0.25) is 0 Å². The Labute approximate surface area is 162 Å². The number of methoxy groups -OCH3 is 1. The normalized spacial score (nSPS) is 38.0. The number of carbonyl (C=O) groups excluding carboxylic acids is 1. The van der Waals surface area contributed by atoms with E-state index < -0.39 is 17.3 Å². The Bertz CT molecular complexity index is 658. The summed E-state index contributed by atoms with van der Waals surface area (Å²) in [7, 11) is 1.60. The molecule has 152 valence electrons. The zero-order valence-corrected chi connectivity index (χ0v) is 17.2. The fraction of sp³-hybridized carbons (Fsp3) is 0.773. The Morgan fingerprint density at radius 3 is 2.78 bits per heavy atom. The van der Waals surface area contributed by atoms with Crippen molar-refractivity contribution in [2.24, 2.45) is 11.8 Å². The van der Waals surface area contributed by atoms with Gasteiger partial charge in [-0.3, -0.25) is 4.79 Å². The van der Waals surface area contributed by atoms with Crippen molar-refractivity contribution in [3.63, 3.8) is 0 Å². The molecule has 6 atom stereocenters. The van der Waals surface area contributed by atoms with Crippen LogP contribution >= 0.6 is 0 Å². The highest BCUT2D eigenvalue weighted by Crippen LogP contribution is 2.54. The van der Waals surface area contributed by atoms with Gasteiger partial charge in [0.25, 0.3) is 0 Å². The van der Waals surface area contributed by atoms with E-state index in [2.05, 4.69) is 19.9 Å². The van der Waals surface area contributed by atoms with Gasteiger partial charge in [-0.25, -0.2) is 0 Å². The Balaban J connectivity index is 1.87. The molecule has 5 heteroatoms. The minimum Gasteiger partial charge on any atom is -0.488 e. The zero-order chi connectivity index (χ0) is 20.0. The molecule has 3 rings (SSSR count). The van der Waals surface area contributed by atoms with E-state index in [0.717, 1.165) is 12.8 Å². The summed E-state index contributed by atoms with van der Waals surface area (Å²) in [5.74, 6) is -0.0446. The van der Waals surface area contributed by atoms with E-state index in [-0.39, 0.29) is 23.7 Å². The van der Waals surface area contributed by atoms with Crippen molar-refractivity contribution in [3.05, 3.63) is 23.0 Å². The molecule has 0 saturated heterocycles. The van der Waals surface area contributed by atoms with Gasteiger partial charge in [0.05, 0.1) is 17.6 Å². The number of ketones is 1. The lowest BCUT2D eigenvalue weighted by molar-refractivity contribution is -0.147. The van der Waals surface area contributed by atoms with Gasteiger partial charge in [-0.15, -0.1) is 0 Å². The average molecular weight is 379 g/mol. The molecule has 1 saturated carbocycles. The summed E-state index contributed by atoms with van der Waals surface area (Å²) in [6.07, 6.45) is 4.97. The molecule has 27 heavy (non-hydrogen) atoms. The molecular weight excluding hydrogens is 344 g/mol. The second kappa shape index (κ2) is 7.34. The van der Waals surface area contributed by atoms with Crippen molar-refractivity contribution in [1.82, 2.24) is 0 Å². The van der Waals surface area contributed by atoms with Crippen LogP contribution in [-0.4, -0.2) is 46.5 Å². The number of ether oxygens (including phenoxy) is 2. The number of hydrogen-bond donors (Lipinski definition) is 2. The smallest absolute Gasteiger partial charge is 0.169 e. The first-order chi connectivity index (χ1) is 12.6. The third-order valence-electron chi connectivity index (χ3n) is 6.79. The number of rotatable bonds is 5. The molecule has 1 aliphatic heterocycles. The van der Waals surface area contributed by atoms with E-state index >= 15 is 0 Å². The summed E-state index contributed by atoms with van der Waals surface area (Å²) >= 11 is 0.